The molecule has 2 unspecified atom stereocenters. The molecule has 0 amide bonds. The number of pyridine rings is 1. The Morgan fingerprint density at radius 1 is 0.892 bits per heavy atom. The number of halogens is 1. The van der Waals surface area contributed by atoms with Gasteiger partial charge in [0.1, 0.15) is 0 Å². The van der Waals surface area contributed by atoms with Crippen molar-refractivity contribution in [2.45, 2.75) is 24.5 Å². The van der Waals surface area contributed by atoms with Gasteiger partial charge in [-0.05, 0) is 60.3 Å². The molecule has 188 valence electrons. The molecule has 37 heavy (non-hydrogen) atoms. The van der Waals surface area contributed by atoms with Crippen molar-refractivity contribution in [2.24, 2.45) is 0 Å². The van der Waals surface area contributed by atoms with Gasteiger partial charge in [-0.1, -0.05) is 88.7 Å². The first kappa shape index (κ1) is 25.4. The molecular weight excluding hydrogens is 524 g/mol. The van der Waals surface area contributed by atoms with Gasteiger partial charge in [0.05, 0.1) is 18.2 Å². The minimum Gasteiger partial charge on any atom is -0.481 e. The zero-order chi connectivity index (χ0) is 26.0. The Bertz CT molecular complexity index is 1530. The van der Waals surface area contributed by atoms with Gasteiger partial charge in [-0.3, -0.25) is 0 Å². The third-order valence-corrected chi connectivity index (χ3v) is 7.62. The molecule has 1 aromatic heterocycles. The second-order valence-corrected chi connectivity index (χ2v) is 10.7. The Morgan fingerprint density at radius 3 is 2.38 bits per heavy atom. The summed E-state index contributed by atoms with van der Waals surface area (Å²) in [5.74, 6) is 0.537. The summed E-state index contributed by atoms with van der Waals surface area (Å²) >= 11 is 3.58. The van der Waals surface area contributed by atoms with E-state index >= 15 is 0 Å². The lowest BCUT2D eigenvalue weighted by Crippen LogP contribution is -2.35. The largest absolute Gasteiger partial charge is 0.481 e. The smallest absolute Gasteiger partial charge is 0.216 e. The van der Waals surface area contributed by atoms with E-state index in [4.69, 9.17) is 9.72 Å². The number of benzene rings is 4. The van der Waals surface area contributed by atoms with Crippen LogP contribution in [0.15, 0.2) is 102 Å². The minimum atomic E-state index is -1.19. The molecule has 0 aliphatic carbocycles. The van der Waals surface area contributed by atoms with Crippen LogP contribution in [0.2, 0.25) is 0 Å². The van der Waals surface area contributed by atoms with Crippen LogP contribution in [-0.2, 0) is 12.0 Å². The highest BCUT2D eigenvalue weighted by Gasteiger charge is 2.36. The predicted molar refractivity (Wildman–Crippen MR) is 155 cm³/mol. The van der Waals surface area contributed by atoms with E-state index in [1.165, 1.54) is 5.56 Å². The highest BCUT2D eigenvalue weighted by Crippen LogP contribution is 2.41. The molecule has 1 heterocycles. The SMILES string of the molecule is COc1nc2ccc(Br)cc2cc1CC(O)(CC(c1ccccc1)N(C)C)c1cccc2ccccc12. The van der Waals surface area contributed by atoms with Crippen molar-refractivity contribution >= 4 is 37.6 Å². The zero-order valence-corrected chi connectivity index (χ0v) is 22.9. The quantitative estimate of drug-likeness (QED) is 0.219. The predicted octanol–water partition coefficient (Wildman–Crippen LogP) is 7.28. The molecule has 0 saturated heterocycles. The van der Waals surface area contributed by atoms with Crippen LogP contribution in [-0.4, -0.2) is 36.2 Å². The van der Waals surface area contributed by atoms with Crippen molar-refractivity contribution in [2.75, 3.05) is 21.2 Å². The number of hydrogen-bond acceptors (Lipinski definition) is 4. The lowest BCUT2D eigenvalue weighted by molar-refractivity contribution is 0.00471. The summed E-state index contributed by atoms with van der Waals surface area (Å²) in [6.45, 7) is 0. The van der Waals surface area contributed by atoms with E-state index in [1.54, 1.807) is 7.11 Å². The normalized spacial score (nSPS) is 14.1. The summed E-state index contributed by atoms with van der Waals surface area (Å²) in [6, 6.07) is 32.9. The molecule has 0 saturated carbocycles. The standard InChI is InChI=1S/C32H31BrN2O2/c1-35(2)30(23-11-5-4-6-12-23)21-32(36,28-15-9-13-22-10-7-8-14-27(22)28)20-25-18-24-19-26(33)16-17-29(24)34-31(25)37-3/h4-19,30,36H,20-21H2,1-3H3. The molecule has 1 N–H and O–H groups in total. The van der Waals surface area contributed by atoms with Gasteiger partial charge in [-0.15, -0.1) is 0 Å². The van der Waals surface area contributed by atoms with Crippen LogP contribution in [0.3, 0.4) is 0 Å². The van der Waals surface area contributed by atoms with E-state index in [9.17, 15) is 5.11 Å². The molecule has 0 fully saturated rings. The molecule has 4 aromatic carbocycles. The molecule has 0 aliphatic heterocycles. The van der Waals surface area contributed by atoms with Crippen LogP contribution < -0.4 is 4.74 Å². The number of hydrogen-bond donors (Lipinski definition) is 1. The molecule has 0 bridgehead atoms. The van der Waals surface area contributed by atoms with E-state index in [0.29, 0.717) is 18.7 Å². The summed E-state index contributed by atoms with van der Waals surface area (Å²) in [7, 11) is 5.77. The molecule has 0 radical (unpaired) electrons. The van der Waals surface area contributed by atoms with Gasteiger partial charge in [0, 0.05) is 34.3 Å². The summed E-state index contributed by atoms with van der Waals surface area (Å²) in [5, 5.41) is 15.9. The number of rotatable bonds is 8. The van der Waals surface area contributed by atoms with Gasteiger partial charge in [0.2, 0.25) is 5.88 Å². The summed E-state index contributed by atoms with van der Waals surface area (Å²) in [4.78, 5) is 6.96. The fourth-order valence-electron chi connectivity index (χ4n) is 5.29. The summed E-state index contributed by atoms with van der Waals surface area (Å²) in [5.41, 5.74) is 2.60. The van der Waals surface area contributed by atoms with Crippen LogP contribution in [0.5, 0.6) is 5.88 Å². The molecule has 0 spiro atoms. The van der Waals surface area contributed by atoms with Crippen LogP contribution in [0.4, 0.5) is 0 Å². The Kier molecular flexibility index (Phi) is 7.29. The van der Waals surface area contributed by atoms with Gasteiger partial charge in [-0.25, -0.2) is 4.98 Å². The summed E-state index contributed by atoms with van der Waals surface area (Å²) in [6.07, 6.45) is 0.856. The van der Waals surface area contributed by atoms with Crippen molar-refractivity contribution < 1.29 is 9.84 Å². The van der Waals surface area contributed by atoms with Crippen LogP contribution in [0, 0.1) is 0 Å². The van der Waals surface area contributed by atoms with E-state index in [-0.39, 0.29) is 6.04 Å². The van der Waals surface area contributed by atoms with Gasteiger partial charge in [0.25, 0.3) is 0 Å². The van der Waals surface area contributed by atoms with E-state index in [0.717, 1.165) is 37.3 Å². The number of ether oxygens (including phenoxy) is 1. The molecule has 5 aromatic rings. The summed E-state index contributed by atoms with van der Waals surface area (Å²) < 4.78 is 6.73. The zero-order valence-electron chi connectivity index (χ0n) is 21.4. The molecule has 5 rings (SSSR count). The third-order valence-electron chi connectivity index (χ3n) is 7.12. The van der Waals surface area contributed by atoms with Gasteiger partial charge in [-0.2, -0.15) is 0 Å². The average Bonchev–Trinajstić information content (AvgIpc) is 2.91. The number of fused-ring (bicyclic) bond motifs is 2. The maximum atomic E-state index is 12.7. The number of aromatic nitrogens is 1. The topological polar surface area (TPSA) is 45.6 Å². The Morgan fingerprint density at radius 2 is 1.62 bits per heavy atom. The maximum absolute atomic E-state index is 12.7. The van der Waals surface area contributed by atoms with Crippen molar-refractivity contribution in [3.63, 3.8) is 0 Å². The van der Waals surface area contributed by atoms with Crippen LogP contribution >= 0.6 is 15.9 Å². The molecule has 0 aliphatic rings. The highest BCUT2D eigenvalue weighted by molar-refractivity contribution is 9.10. The fraction of sp³-hybridized carbons (Fsp3) is 0.219. The van der Waals surface area contributed by atoms with Crippen LogP contribution in [0.1, 0.15) is 29.2 Å². The fourth-order valence-corrected chi connectivity index (χ4v) is 5.67. The second kappa shape index (κ2) is 10.6. The van der Waals surface area contributed by atoms with E-state index < -0.39 is 5.60 Å². The third kappa shape index (κ3) is 5.26. The van der Waals surface area contributed by atoms with Gasteiger partial charge in [0.15, 0.2) is 0 Å². The first-order chi connectivity index (χ1) is 17.9. The van der Waals surface area contributed by atoms with Crippen LogP contribution in [0.25, 0.3) is 21.7 Å². The molecular formula is C32H31BrN2O2. The Hall–Kier alpha value is -3.25. The Labute approximate surface area is 226 Å². The van der Waals surface area contributed by atoms with E-state index in [2.05, 4.69) is 95.6 Å². The first-order valence-corrected chi connectivity index (χ1v) is 13.2. The lowest BCUT2D eigenvalue weighted by atomic mass is 9.78. The second-order valence-electron chi connectivity index (χ2n) is 9.82. The molecule has 5 heteroatoms. The van der Waals surface area contributed by atoms with Gasteiger partial charge < -0.3 is 14.7 Å². The lowest BCUT2D eigenvalue weighted by Gasteiger charge is -2.36. The minimum absolute atomic E-state index is 0.00118. The first-order valence-electron chi connectivity index (χ1n) is 12.4. The molecule has 2 atom stereocenters. The maximum Gasteiger partial charge on any atom is 0.216 e. The van der Waals surface area contributed by atoms with Crippen molar-refractivity contribution in [1.29, 1.82) is 0 Å². The average molecular weight is 556 g/mol. The van der Waals surface area contributed by atoms with E-state index in [1.807, 2.05) is 36.4 Å². The highest BCUT2D eigenvalue weighted by atomic mass is 79.9. The van der Waals surface area contributed by atoms with Gasteiger partial charge >= 0.3 is 0 Å². The van der Waals surface area contributed by atoms with Crippen molar-refractivity contribution in [3.8, 4) is 5.88 Å². The number of aliphatic hydroxyl groups is 1. The Balaban J connectivity index is 1.68. The number of nitrogens with zero attached hydrogens (tertiary/aromatic N) is 2. The van der Waals surface area contributed by atoms with Crippen molar-refractivity contribution in [3.05, 3.63) is 118 Å². The monoisotopic (exact) mass is 554 g/mol. The van der Waals surface area contributed by atoms with Crippen molar-refractivity contribution in [1.82, 2.24) is 9.88 Å². The molecule has 4 nitrogen and oxygen atoms in total. The number of methoxy groups -OCH3 is 1.